The maximum absolute atomic E-state index is 13.2. The second kappa shape index (κ2) is 7.29. The molecule has 3 unspecified atom stereocenters. The van der Waals surface area contributed by atoms with Crippen LogP contribution >= 0.6 is 0 Å². The lowest BCUT2D eigenvalue weighted by Gasteiger charge is -2.38. The van der Waals surface area contributed by atoms with E-state index in [1.54, 1.807) is 0 Å². The third-order valence-electron chi connectivity index (χ3n) is 8.40. The summed E-state index contributed by atoms with van der Waals surface area (Å²) < 4.78 is 64.9. The molecule has 34 heavy (non-hydrogen) atoms. The monoisotopic (exact) mass is 494 g/mol. The Hall–Kier alpha value is -1.94. The fourth-order valence-corrected chi connectivity index (χ4v) is 9.15. The zero-order chi connectivity index (χ0) is 24.0. The van der Waals surface area contributed by atoms with Crippen LogP contribution in [0.3, 0.4) is 0 Å². The molecule has 0 bridgehead atoms. The summed E-state index contributed by atoms with van der Waals surface area (Å²) in [6, 6.07) is 4.60. The normalized spacial score (nSPS) is 31.7. The Morgan fingerprint density at radius 1 is 1.12 bits per heavy atom. The zero-order valence-electron chi connectivity index (χ0n) is 19.3. The maximum Gasteiger partial charge on any atom is 0.416 e. The third kappa shape index (κ3) is 3.68. The van der Waals surface area contributed by atoms with Gasteiger partial charge in [0.1, 0.15) is 5.69 Å². The SMILES string of the molecule is CC(C)n1nc(-c2cc(C(F)(F)F)ccn2)cc1C1C2CC(N3CCC4(C3)CS(=O)(=O)C4)C[C@H]21. The van der Waals surface area contributed by atoms with E-state index in [4.69, 9.17) is 0 Å². The molecular weight excluding hydrogens is 465 g/mol. The van der Waals surface area contributed by atoms with Gasteiger partial charge < -0.3 is 0 Å². The topological polar surface area (TPSA) is 68.1 Å². The Morgan fingerprint density at radius 2 is 1.82 bits per heavy atom. The van der Waals surface area contributed by atoms with E-state index in [-0.39, 0.29) is 17.2 Å². The molecule has 0 radical (unpaired) electrons. The van der Waals surface area contributed by atoms with Gasteiger partial charge in [-0.15, -0.1) is 0 Å². The fourth-order valence-electron chi connectivity index (χ4n) is 6.90. The summed E-state index contributed by atoms with van der Waals surface area (Å²) in [6.45, 7) is 5.96. The van der Waals surface area contributed by atoms with Gasteiger partial charge in [-0.25, -0.2) is 8.42 Å². The summed E-state index contributed by atoms with van der Waals surface area (Å²) in [7, 11) is -2.82. The van der Waals surface area contributed by atoms with Gasteiger partial charge in [-0.3, -0.25) is 14.6 Å². The Labute approximate surface area is 197 Å². The van der Waals surface area contributed by atoms with E-state index in [2.05, 4.69) is 15.0 Å². The quantitative estimate of drug-likeness (QED) is 0.639. The number of sulfone groups is 1. The Kier molecular flexibility index (Phi) is 4.83. The lowest BCUT2D eigenvalue weighted by molar-refractivity contribution is -0.137. The highest BCUT2D eigenvalue weighted by Crippen LogP contribution is 2.64. The van der Waals surface area contributed by atoms with E-state index in [1.807, 2.05) is 24.6 Å². The molecule has 0 N–H and O–H groups in total. The van der Waals surface area contributed by atoms with Crippen LogP contribution in [-0.4, -0.2) is 58.7 Å². The van der Waals surface area contributed by atoms with Crippen molar-refractivity contribution < 1.29 is 21.6 Å². The number of likely N-dealkylation sites (tertiary alicyclic amines) is 1. The molecule has 2 saturated heterocycles. The predicted octanol–water partition coefficient (Wildman–Crippen LogP) is 4.16. The van der Waals surface area contributed by atoms with Crippen LogP contribution in [0.2, 0.25) is 0 Å². The summed E-state index contributed by atoms with van der Waals surface area (Å²) in [5.41, 5.74) is 1.11. The minimum absolute atomic E-state index is 0.00582. The summed E-state index contributed by atoms with van der Waals surface area (Å²) in [5.74, 6) is 2.19. The van der Waals surface area contributed by atoms with Crippen LogP contribution in [0.15, 0.2) is 24.4 Å². The first-order chi connectivity index (χ1) is 15.9. The molecule has 2 aromatic heterocycles. The molecule has 4 fully saturated rings. The van der Waals surface area contributed by atoms with Gasteiger partial charge in [0.2, 0.25) is 0 Å². The number of alkyl halides is 3. The molecule has 4 heterocycles. The number of fused-ring (bicyclic) bond motifs is 1. The van der Waals surface area contributed by atoms with Crippen LogP contribution in [0, 0.1) is 17.3 Å². The first-order valence-corrected chi connectivity index (χ1v) is 13.8. The molecule has 4 aliphatic rings. The zero-order valence-corrected chi connectivity index (χ0v) is 20.1. The van der Waals surface area contributed by atoms with Gasteiger partial charge in [0, 0.05) is 41.9 Å². The number of nitrogens with zero attached hydrogens (tertiary/aromatic N) is 4. The first-order valence-electron chi connectivity index (χ1n) is 12.0. The summed E-state index contributed by atoms with van der Waals surface area (Å²) in [6.07, 6.45) is -0.0492. The lowest BCUT2D eigenvalue weighted by atomic mass is 9.91. The largest absolute Gasteiger partial charge is 0.416 e. The van der Waals surface area contributed by atoms with Gasteiger partial charge in [-0.1, -0.05) is 0 Å². The molecule has 1 spiro atoms. The van der Waals surface area contributed by atoms with Gasteiger partial charge in [0.15, 0.2) is 9.84 Å². The van der Waals surface area contributed by atoms with Crippen molar-refractivity contribution in [3.8, 4) is 11.4 Å². The maximum atomic E-state index is 13.2. The van der Waals surface area contributed by atoms with Crippen LogP contribution < -0.4 is 0 Å². The van der Waals surface area contributed by atoms with Crippen LogP contribution in [0.25, 0.3) is 11.4 Å². The van der Waals surface area contributed by atoms with Crippen molar-refractivity contribution in [2.45, 2.75) is 57.3 Å². The van der Waals surface area contributed by atoms with E-state index in [1.165, 1.54) is 6.20 Å². The number of aromatic nitrogens is 3. The van der Waals surface area contributed by atoms with Gasteiger partial charge in [0.05, 0.1) is 22.8 Å². The van der Waals surface area contributed by atoms with Crippen LogP contribution in [0.5, 0.6) is 0 Å². The summed E-state index contributed by atoms with van der Waals surface area (Å²) in [4.78, 5) is 6.67. The highest BCUT2D eigenvalue weighted by Gasteiger charge is 2.60. The number of rotatable bonds is 4. The van der Waals surface area contributed by atoms with Crippen molar-refractivity contribution in [2.24, 2.45) is 17.3 Å². The molecular formula is C24H29F3N4O2S. The van der Waals surface area contributed by atoms with E-state index in [9.17, 15) is 21.6 Å². The Bertz CT molecular complexity index is 1220. The highest BCUT2D eigenvalue weighted by molar-refractivity contribution is 7.92. The molecule has 2 aliphatic heterocycles. The van der Waals surface area contributed by atoms with E-state index in [0.717, 1.165) is 50.2 Å². The molecule has 0 aromatic carbocycles. The minimum atomic E-state index is -4.42. The van der Waals surface area contributed by atoms with Crippen molar-refractivity contribution in [3.05, 3.63) is 35.7 Å². The molecule has 0 amide bonds. The molecule has 6 rings (SSSR count). The number of pyridine rings is 1. The Morgan fingerprint density at radius 3 is 2.44 bits per heavy atom. The number of hydrogen-bond donors (Lipinski definition) is 0. The highest BCUT2D eigenvalue weighted by atomic mass is 32.2. The van der Waals surface area contributed by atoms with Crippen LogP contribution in [0.1, 0.15) is 56.3 Å². The molecule has 184 valence electrons. The second-order valence-corrected chi connectivity index (χ2v) is 13.2. The molecule has 2 saturated carbocycles. The van der Waals surface area contributed by atoms with Crippen molar-refractivity contribution in [2.75, 3.05) is 24.6 Å². The average Bonchev–Trinajstić information content (AvgIpc) is 3.18. The van der Waals surface area contributed by atoms with Gasteiger partial charge in [-0.05, 0) is 69.7 Å². The molecule has 2 aliphatic carbocycles. The minimum Gasteiger partial charge on any atom is -0.300 e. The van der Waals surface area contributed by atoms with Gasteiger partial charge in [-0.2, -0.15) is 18.3 Å². The van der Waals surface area contributed by atoms with Gasteiger partial charge >= 0.3 is 6.18 Å². The number of halogens is 3. The van der Waals surface area contributed by atoms with Crippen molar-refractivity contribution in [1.29, 1.82) is 0 Å². The molecule has 4 atom stereocenters. The average molecular weight is 495 g/mol. The van der Waals surface area contributed by atoms with E-state index < -0.39 is 21.6 Å². The third-order valence-corrected chi connectivity index (χ3v) is 10.5. The van der Waals surface area contributed by atoms with Crippen molar-refractivity contribution in [3.63, 3.8) is 0 Å². The van der Waals surface area contributed by atoms with Crippen LogP contribution in [-0.2, 0) is 16.0 Å². The number of hydrogen-bond acceptors (Lipinski definition) is 5. The molecule has 10 heteroatoms. The standard InChI is InChI=1S/C24H29F3N4O2S/c1-14(2)31-21(10-20(29-31)19-7-15(3-5-28-19)24(25,26)27)22-17-8-16(9-18(17)22)30-6-4-23(11-30)12-34(32,33)13-23/h3,5,7,10,14,16-18,22H,4,6,8-9,11-13H2,1-2H3/t16?,17-,18?,22?/m1/s1. The summed E-state index contributed by atoms with van der Waals surface area (Å²) >= 11 is 0. The second-order valence-electron chi connectivity index (χ2n) is 11.2. The Balaban J connectivity index is 1.17. The van der Waals surface area contributed by atoms with Crippen molar-refractivity contribution >= 4 is 9.84 Å². The molecule has 2 aromatic rings. The summed E-state index contributed by atoms with van der Waals surface area (Å²) in [5, 5.41) is 4.66. The van der Waals surface area contributed by atoms with Crippen LogP contribution in [0.4, 0.5) is 13.2 Å². The smallest absolute Gasteiger partial charge is 0.300 e. The lowest BCUT2D eigenvalue weighted by Crippen LogP contribution is -2.50. The predicted molar refractivity (Wildman–Crippen MR) is 121 cm³/mol. The first kappa shape index (κ1) is 22.5. The van der Waals surface area contributed by atoms with Crippen molar-refractivity contribution in [1.82, 2.24) is 19.7 Å². The van der Waals surface area contributed by atoms with E-state index in [0.29, 0.717) is 41.0 Å². The molecule has 6 nitrogen and oxygen atoms in total. The van der Waals surface area contributed by atoms with Gasteiger partial charge in [0.25, 0.3) is 0 Å². The van der Waals surface area contributed by atoms with E-state index >= 15 is 0 Å². The fraction of sp³-hybridized carbons (Fsp3) is 0.667.